The number of rotatable bonds is 7. The van der Waals surface area contributed by atoms with E-state index in [1.165, 1.54) is 5.56 Å². The Morgan fingerprint density at radius 3 is 2.52 bits per heavy atom. The minimum Gasteiger partial charge on any atom is -0.493 e. The number of aromatic nitrogens is 1. The third-order valence-corrected chi connectivity index (χ3v) is 3.14. The third-order valence-electron chi connectivity index (χ3n) is 3.14. The second-order valence-corrected chi connectivity index (χ2v) is 4.69. The van der Waals surface area contributed by atoms with Crippen LogP contribution in [0.1, 0.15) is 25.1 Å². The maximum Gasteiger partial charge on any atom is 0.219 e. The van der Waals surface area contributed by atoms with Gasteiger partial charge in [0, 0.05) is 18.3 Å². The zero-order chi connectivity index (χ0) is 15.1. The van der Waals surface area contributed by atoms with Gasteiger partial charge in [-0.3, -0.25) is 0 Å². The molecule has 0 aliphatic carbocycles. The molecule has 2 aromatic rings. The Bertz CT molecular complexity index is 585. The Labute approximate surface area is 126 Å². The van der Waals surface area contributed by atoms with Crippen LogP contribution in [-0.2, 0) is 13.0 Å². The number of hydrogen-bond donors (Lipinski definition) is 1. The highest BCUT2D eigenvalue weighted by Crippen LogP contribution is 2.30. The first kappa shape index (κ1) is 15.3. The molecule has 0 spiro atoms. The fraction of sp³-hybridized carbons (Fsp3) is 0.353. The third kappa shape index (κ3) is 4.20. The number of nitrogens with zero attached hydrogens (tertiary/aromatic N) is 1. The SMILES string of the molecule is CCNCc1cc(CC)nc(Oc2ccccc2OC)c1. The zero-order valence-electron chi connectivity index (χ0n) is 12.8. The fourth-order valence-electron chi connectivity index (χ4n) is 2.04. The van der Waals surface area contributed by atoms with Gasteiger partial charge in [0.1, 0.15) is 0 Å². The van der Waals surface area contributed by atoms with Crippen LogP contribution in [0, 0.1) is 0 Å². The van der Waals surface area contributed by atoms with E-state index >= 15 is 0 Å². The molecule has 1 heterocycles. The van der Waals surface area contributed by atoms with Gasteiger partial charge in [-0.1, -0.05) is 26.0 Å². The lowest BCUT2D eigenvalue weighted by Crippen LogP contribution is -2.12. The molecular weight excluding hydrogens is 264 g/mol. The molecule has 1 N–H and O–H groups in total. The van der Waals surface area contributed by atoms with Gasteiger partial charge in [0.05, 0.1) is 7.11 Å². The van der Waals surface area contributed by atoms with Crippen molar-refractivity contribution in [1.29, 1.82) is 0 Å². The van der Waals surface area contributed by atoms with E-state index in [0.717, 1.165) is 25.2 Å². The lowest BCUT2D eigenvalue weighted by Gasteiger charge is -2.12. The fourth-order valence-corrected chi connectivity index (χ4v) is 2.04. The van der Waals surface area contributed by atoms with Gasteiger partial charge in [-0.05, 0) is 36.7 Å². The van der Waals surface area contributed by atoms with Crippen molar-refractivity contribution < 1.29 is 9.47 Å². The Morgan fingerprint density at radius 1 is 1.10 bits per heavy atom. The Morgan fingerprint density at radius 2 is 1.86 bits per heavy atom. The van der Waals surface area contributed by atoms with E-state index < -0.39 is 0 Å². The molecule has 0 unspecified atom stereocenters. The van der Waals surface area contributed by atoms with Gasteiger partial charge in [-0.15, -0.1) is 0 Å². The lowest BCUT2D eigenvalue weighted by molar-refractivity contribution is 0.373. The molecule has 0 fully saturated rings. The Hall–Kier alpha value is -2.07. The van der Waals surface area contributed by atoms with Gasteiger partial charge in [0.15, 0.2) is 11.5 Å². The molecular formula is C17H22N2O2. The van der Waals surface area contributed by atoms with Crippen LogP contribution in [0.3, 0.4) is 0 Å². The van der Waals surface area contributed by atoms with Crippen LogP contribution >= 0.6 is 0 Å². The molecule has 0 radical (unpaired) electrons. The Balaban J connectivity index is 2.25. The summed E-state index contributed by atoms with van der Waals surface area (Å²) < 4.78 is 11.2. The van der Waals surface area contributed by atoms with Gasteiger partial charge in [0.25, 0.3) is 0 Å². The predicted molar refractivity (Wildman–Crippen MR) is 84.1 cm³/mol. The van der Waals surface area contributed by atoms with Crippen molar-refractivity contribution in [2.45, 2.75) is 26.8 Å². The normalized spacial score (nSPS) is 10.4. The zero-order valence-corrected chi connectivity index (χ0v) is 12.8. The molecule has 21 heavy (non-hydrogen) atoms. The highest BCUT2D eigenvalue weighted by molar-refractivity contribution is 5.42. The summed E-state index contributed by atoms with van der Waals surface area (Å²) >= 11 is 0. The predicted octanol–water partition coefficient (Wildman–Crippen LogP) is 3.55. The van der Waals surface area contributed by atoms with Crippen LogP contribution in [0.4, 0.5) is 0 Å². The molecule has 4 nitrogen and oxygen atoms in total. The summed E-state index contributed by atoms with van der Waals surface area (Å²) in [6.07, 6.45) is 0.877. The van der Waals surface area contributed by atoms with Crippen molar-refractivity contribution in [2.75, 3.05) is 13.7 Å². The monoisotopic (exact) mass is 286 g/mol. The molecule has 0 bridgehead atoms. The van der Waals surface area contributed by atoms with E-state index in [0.29, 0.717) is 17.4 Å². The summed E-state index contributed by atoms with van der Waals surface area (Å²) in [7, 11) is 1.63. The maximum atomic E-state index is 5.90. The average Bonchev–Trinajstić information content (AvgIpc) is 2.53. The summed E-state index contributed by atoms with van der Waals surface area (Å²) in [4.78, 5) is 4.53. The highest BCUT2D eigenvalue weighted by atomic mass is 16.5. The first-order valence-electron chi connectivity index (χ1n) is 7.28. The minimum atomic E-state index is 0.603. The van der Waals surface area contributed by atoms with Crippen molar-refractivity contribution in [3.8, 4) is 17.4 Å². The Kier molecular flexibility index (Phi) is 5.58. The molecule has 0 saturated carbocycles. The minimum absolute atomic E-state index is 0.603. The van der Waals surface area contributed by atoms with E-state index in [9.17, 15) is 0 Å². The van der Waals surface area contributed by atoms with Gasteiger partial charge < -0.3 is 14.8 Å². The van der Waals surface area contributed by atoms with E-state index in [2.05, 4.69) is 30.2 Å². The van der Waals surface area contributed by atoms with E-state index in [1.54, 1.807) is 7.11 Å². The van der Waals surface area contributed by atoms with Crippen molar-refractivity contribution in [3.05, 3.63) is 47.7 Å². The van der Waals surface area contributed by atoms with Crippen LogP contribution in [0.15, 0.2) is 36.4 Å². The van der Waals surface area contributed by atoms with Gasteiger partial charge >= 0.3 is 0 Å². The summed E-state index contributed by atoms with van der Waals surface area (Å²) in [6, 6.07) is 11.7. The molecule has 1 aromatic carbocycles. The molecule has 0 aliphatic heterocycles. The van der Waals surface area contributed by atoms with Crippen molar-refractivity contribution in [3.63, 3.8) is 0 Å². The maximum absolute atomic E-state index is 5.90. The largest absolute Gasteiger partial charge is 0.493 e. The summed E-state index contributed by atoms with van der Waals surface area (Å²) in [5.41, 5.74) is 2.20. The number of methoxy groups -OCH3 is 1. The first-order chi connectivity index (χ1) is 10.3. The van der Waals surface area contributed by atoms with E-state index in [4.69, 9.17) is 9.47 Å². The van der Waals surface area contributed by atoms with Crippen LogP contribution in [0.2, 0.25) is 0 Å². The highest BCUT2D eigenvalue weighted by Gasteiger charge is 2.08. The summed E-state index contributed by atoms with van der Waals surface area (Å²) in [5, 5.41) is 3.32. The number of nitrogens with one attached hydrogen (secondary N) is 1. The average molecular weight is 286 g/mol. The molecule has 1 aromatic heterocycles. The number of ether oxygens (including phenoxy) is 2. The molecule has 0 aliphatic rings. The second kappa shape index (κ2) is 7.64. The number of benzene rings is 1. The lowest BCUT2D eigenvalue weighted by atomic mass is 10.2. The quantitative estimate of drug-likeness (QED) is 0.845. The van der Waals surface area contributed by atoms with Crippen molar-refractivity contribution in [2.24, 2.45) is 0 Å². The number of para-hydroxylation sites is 2. The van der Waals surface area contributed by atoms with Crippen molar-refractivity contribution in [1.82, 2.24) is 10.3 Å². The number of pyridine rings is 1. The number of aryl methyl sites for hydroxylation is 1. The van der Waals surface area contributed by atoms with Crippen LogP contribution in [0.25, 0.3) is 0 Å². The first-order valence-corrected chi connectivity index (χ1v) is 7.28. The van der Waals surface area contributed by atoms with Gasteiger partial charge in [-0.25, -0.2) is 4.98 Å². The van der Waals surface area contributed by atoms with Crippen LogP contribution < -0.4 is 14.8 Å². The summed E-state index contributed by atoms with van der Waals surface area (Å²) in [6.45, 7) is 5.93. The molecule has 4 heteroatoms. The molecule has 0 atom stereocenters. The van der Waals surface area contributed by atoms with Crippen molar-refractivity contribution >= 4 is 0 Å². The van der Waals surface area contributed by atoms with Gasteiger partial charge in [-0.2, -0.15) is 0 Å². The standard InChI is InChI=1S/C17H22N2O2/c1-4-14-10-13(12-18-5-2)11-17(19-14)21-16-9-7-6-8-15(16)20-3/h6-11,18H,4-5,12H2,1-3H3. The van der Waals surface area contributed by atoms with Gasteiger partial charge in [0.2, 0.25) is 5.88 Å². The smallest absolute Gasteiger partial charge is 0.219 e. The topological polar surface area (TPSA) is 43.4 Å². The molecule has 0 saturated heterocycles. The number of hydrogen-bond acceptors (Lipinski definition) is 4. The summed E-state index contributed by atoms with van der Waals surface area (Å²) in [5.74, 6) is 1.98. The molecule has 112 valence electrons. The van der Waals surface area contributed by atoms with E-state index in [-0.39, 0.29) is 0 Å². The molecule has 2 rings (SSSR count). The molecule has 0 amide bonds. The van der Waals surface area contributed by atoms with Crippen LogP contribution in [-0.4, -0.2) is 18.6 Å². The van der Waals surface area contributed by atoms with E-state index in [1.807, 2.05) is 30.3 Å². The van der Waals surface area contributed by atoms with Crippen LogP contribution in [0.5, 0.6) is 17.4 Å². The second-order valence-electron chi connectivity index (χ2n) is 4.69.